The van der Waals surface area contributed by atoms with E-state index in [1.165, 1.54) is 0 Å². The Hall–Kier alpha value is -3.22. The van der Waals surface area contributed by atoms with Gasteiger partial charge in [-0.3, -0.25) is 9.78 Å². The summed E-state index contributed by atoms with van der Waals surface area (Å²) in [6.07, 6.45) is 4.11. The van der Waals surface area contributed by atoms with E-state index in [0.717, 1.165) is 5.56 Å². The van der Waals surface area contributed by atoms with Crippen molar-refractivity contribution in [1.82, 2.24) is 15.3 Å². The van der Waals surface area contributed by atoms with Crippen LogP contribution >= 0.6 is 0 Å². The first-order chi connectivity index (χ1) is 13.6. The van der Waals surface area contributed by atoms with Gasteiger partial charge < -0.3 is 14.5 Å². The fourth-order valence-corrected chi connectivity index (χ4v) is 3.11. The van der Waals surface area contributed by atoms with Crippen molar-refractivity contribution in [1.29, 1.82) is 0 Å². The van der Waals surface area contributed by atoms with Crippen LogP contribution in [-0.4, -0.2) is 21.7 Å². The maximum atomic E-state index is 13.0. The monoisotopic (exact) mass is 395 g/mol. The Balaban J connectivity index is 2.13. The Kier molecular flexibility index (Phi) is 5.42. The van der Waals surface area contributed by atoms with E-state index in [0.29, 0.717) is 33.6 Å². The molecule has 2 aromatic heterocycles. The molecule has 0 aliphatic heterocycles. The van der Waals surface area contributed by atoms with Crippen LogP contribution in [0.3, 0.4) is 0 Å². The molecule has 3 rings (SSSR count). The average Bonchev–Trinajstić information content (AvgIpc) is 2.63. The SMILES string of the molecule is Cc1cc([C@@H](C)NC(=O)OC(C)(C)C)c2oc(-c3cnccn3)c(C)c(=O)c2c1. The molecule has 0 fully saturated rings. The molecule has 3 aromatic rings. The normalized spacial score (nSPS) is 12.6. The van der Waals surface area contributed by atoms with Crippen LogP contribution in [0, 0.1) is 13.8 Å². The summed E-state index contributed by atoms with van der Waals surface area (Å²) in [5, 5.41) is 3.28. The average molecular weight is 395 g/mol. The number of fused-ring (bicyclic) bond motifs is 1. The molecule has 0 aliphatic carbocycles. The number of benzene rings is 1. The number of carbonyl (C=O) groups is 1. The Morgan fingerprint density at radius 2 is 1.93 bits per heavy atom. The zero-order chi connectivity index (χ0) is 21.3. The Bertz CT molecular complexity index is 1110. The number of aryl methyl sites for hydroxylation is 1. The van der Waals surface area contributed by atoms with Crippen molar-refractivity contribution < 1.29 is 13.9 Å². The minimum atomic E-state index is -0.610. The summed E-state index contributed by atoms with van der Waals surface area (Å²) in [6.45, 7) is 10.8. The van der Waals surface area contributed by atoms with Gasteiger partial charge in [-0.2, -0.15) is 0 Å². The van der Waals surface area contributed by atoms with E-state index in [-0.39, 0.29) is 5.43 Å². The van der Waals surface area contributed by atoms with Crippen LogP contribution in [-0.2, 0) is 4.74 Å². The van der Waals surface area contributed by atoms with Gasteiger partial charge in [0, 0.05) is 23.5 Å². The third-order valence-electron chi connectivity index (χ3n) is 4.39. The van der Waals surface area contributed by atoms with Gasteiger partial charge in [-0.25, -0.2) is 9.78 Å². The van der Waals surface area contributed by atoms with E-state index in [1.54, 1.807) is 52.4 Å². The van der Waals surface area contributed by atoms with Crippen LogP contribution < -0.4 is 10.7 Å². The summed E-state index contributed by atoms with van der Waals surface area (Å²) < 4.78 is 11.5. The van der Waals surface area contributed by atoms with Gasteiger partial charge in [0.1, 0.15) is 16.9 Å². The smallest absolute Gasteiger partial charge is 0.408 e. The lowest BCUT2D eigenvalue weighted by Gasteiger charge is -2.22. The number of amides is 1. The fourth-order valence-electron chi connectivity index (χ4n) is 3.11. The van der Waals surface area contributed by atoms with E-state index >= 15 is 0 Å². The molecule has 1 N–H and O–H groups in total. The summed E-state index contributed by atoms with van der Waals surface area (Å²) in [5.74, 6) is 0.366. The first kappa shape index (κ1) is 20.5. The highest BCUT2D eigenvalue weighted by atomic mass is 16.6. The van der Waals surface area contributed by atoms with Crippen molar-refractivity contribution in [2.75, 3.05) is 0 Å². The third kappa shape index (κ3) is 4.45. The molecule has 0 bridgehead atoms. The molecule has 29 heavy (non-hydrogen) atoms. The van der Waals surface area contributed by atoms with Crippen molar-refractivity contribution in [3.63, 3.8) is 0 Å². The van der Waals surface area contributed by atoms with Crippen molar-refractivity contribution in [2.45, 2.75) is 53.2 Å². The van der Waals surface area contributed by atoms with Crippen LogP contribution in [0.1, 0.15) is 50.4 Å². The number of nitrogens with one attached hydrogen (secondary N) is 1. The van der Waals surface area contributed by atoms with Gasteiger partial charge in [-0.15, -0.1) is 0 Å². The molecule has 0 unspecified atom stereocenters. The first-order valence-electron chi connectivity index (χ1n) is 9.40. The summed E-state index contributed by atoms with van der Waals surface area (Å²) in [6, 6.07) is 3.24. The zero-order valence-corrected chi connectivity index (χ0v) is 17.5. The van der Waals surface area contributed by atoms with Crippen LogP contribution in [0.25, 0.3) is 22.4 Å². The van der Waals surface area contributed by atoms with Crippen molar-refractivity contribution >= 4 is 17.1 Å². The summed E-state index contributed by atoms with van der Waals surface area (Å²) >= 11 is 0. The number of hydrogen-bond acceptors (Lipinski definition) is 6. The molecular weight excluding hydrogens is 370 g/mol. The second kappa shape index (κ2) is 7.66. The van der Waals surface area contributed by atoms with Gasteiger partial charge in [0.15, 0.2) is 11.2 Å². The van der Waals surface area contributed by atoms with Gasteiger partial charge in [-0.05, 0) is 53.2 Å². The van der Waals surface area contributed by atoms with Crippen molar-refractivity contribution in [3.05, 3.63) is 57.6 Å². The lowest BCUT2D eigenvalue weighted by molar-refractivity contribution is 0.0508. The maximum Gasteiger partial charge on any atom is 0.408 e. The summed E-state index contributed by atoms with van der Waals surface area (Å²) in [7, 11) is 0. The van der Waals surface area contributed by atoms with Gasteiger partial charge >= 0.3 is 6.09 Å². The van der Waals surface area contributed by atoms with E-state index in [4.69, 9.17) is 9.15 Å². The van der Waals surface area contributed by atoms with Gasteiger partial charge in [-0.1, -0.05) is 6.07 Å². The Morgan fingerprint density at radius 3 is 2.55 bits per heavy atom. The van der Waals surface area contributed by atoms with Crippen molar-refractivity contribution in [3.8, 4) is 11.5 Å². The lowest BCUT2D eigenvalue weighted by Crippen LogP contribution is -2.34. The molecule has 0 radical (unpaired) electrons. The molecule has 1 amide bonds. The highest BCUT2D eigenvalue weighted by molar-refractivity contribution is 5.84. The maximum absolute atomic E-state index is 13.0. The van der Waals surface area contributed by atoms with E-state index in [9.17, 15) is 9.59 Å². The molecular formula is C22H25N3O4. The third-order valence-corrected chi connectivity index (χ3v) is 4.39. The molecule has 1 atom stereocenters. The summed E-state index contributed by atoms with van der Waals surface area (Å²) in [4.78, 5) is 33.6. The number of aromatic nitrogens is 2. The number of ether oxygens (including phenoxy) is 1. The minimum absolute atomic E-state index is 0.138. The molecule has 0 saturated carbocycles. The molecule has 2 heterocycles. The predicted octanol–water partition coefficient (Wildman–Crippen LogP) is 4.45. The van der Waals surface area contributed by atoms with Crippen molar-refractivity contribution in [2.24, 2.45) is 0 Å². The number of nitrogens with zero attached hydrogens (tertiary/aromatic N) is 2. The van der Waals surface area contributed by atoms with Crippen LogP contribution in [0.5, 0.6) is 0 Å². The minimum Gasteiger partial charge on any atom is -0.453 e. The standard InChI is InChI=1S/C22H25N3O4/c1-12-9-15(14(3)25-21(27)29-22(4,5)6)20-16(10-12)18(26)13(2)19(28-20)17-11-23-7-8-24-17/h7-11,14H,1-6H3,(H,25,27)/t14-/m1/s1. The molecule has 1 aromatic carbocycles. The topological polar surface area (TPSA) is 94.3 Å². The van der Waals surface area contributed by atoms with E-state index in [2.05, 4.69) is 15.3 Å². The first-order valence-corrected chi connectivity index (χ1v) is 9.40. The Morgan fingerprint density at radius 1 is 1.21 bits per heavy atom. The van der Waals surface area contributed by atoms with Gasteiger partial charge in [0.05, 0.1) is 17.6 Å². The molecule has 0 spiro atoms. The molecule has 0 saturated heterocycles. The lowest BCUT2D eigenvalue weighted by atomic mass is 10.00. The van der Waals surface area contributed by atoms with Gasteiger partial charge in [0.25, 0.3) is 0 Å². The predicted molar refractivity (Wildman–Crippen MR) is 111 cm³/mol. The van der Waals surface area contributed by atoms with Crippen LogP contribution in [0.4, 0.5) is 4.79 Å². The number of hydrogen-bond donors (Lipinski definition) is 1. The number of alkyl carbamates (subject to hydrolysis) is 1. The van der Waals surface area contributed by atoms with Gasteiger partial charge in [0.2, 0.25) is 0 Å². The highest BCUT2D eigenvalue weighted by Crippen LogP contribution is 2.30. The Labute approximate surface area is 169 Å². The number of carbonyl (C=O) groups excluding carboxylic acids is 1. The molecule has 0 aliphatic rings. The van der Waals surface area contributed by atoms with E-state index in [1.807, 2.05) is 19.9 Å². The van der Waals surface area contributed by atoms with Crippen LogP contribution in [0.2, 0.25) is 0 Å². The fraction of sp³-hybridized carbons (Fsp3) is 0.364. The summed E-state index contributed by atoms with van der Waals surface area (Å²) in [5.41, 5.74) is 2.18. The quantitative estimate of drug-likeness (QED) is 0.704. The van der Waals surface area contributed by atoms with E-state index < -0.39 is 17.7 Å². The largest absolute Gasteiger partial charge is 0.453 e. The molecule has 7 nitrogen and oxygen atoms in total. The second-order valence-corrected chi connectivity index (χ2v) is 8.07. The molecule has 152 valence electrons. The number of rotatable bonds is 3. The highest BCUT2D eigenvalue weighted by Gasteiger charge is 2.22. The second-order valence-electron chi connectivity index (χ2n) is 8.07. The zero-order valence-electron chi connectivity index (χ0n) is 17.5. The molecule has 7 heteroatoms. The van der Waals surface area contributed by atoms with Crippen LogP contribution in [0.15, 0.2) is 39.9 Å².